The number of ether oxygens (including phenoxy) is 2. The number of hydrogen-bond acceptors (Lipinski definition) is 5. The van der Waals surface area contributed by atoms with Gasteiger partial charge >= 0.3 is 0 Å². The first-order valence-corrected chi connectivity index (χ1v) is 6.87. The Morgan fingerprint density at radius 1 is 1.18 bits per heavy atom. The van der Waals surface area contributed by atoms with Gasteiger partial charge in [-0.3, -0.25) is 10.1 Å². The van der Waals surface area contributed by atoms with Crippen LogP contribution in [-0.4, -0.2) is 18.6 Å². The molecule has 0 bridgehead atoms. The van der Waals surface area contributed by atoms with Crippen molar-refractivity contribution in [3.63, 3.8) is 0 Å². The fourth-order valence-corrected chi connectivity index (χ4v) is 2.12. The lowest BCUT2D eigenvalue weighted by molar-refractivity contribution is -0.385. The standard InChI is InChI=1S/C16H18N2O4/c1-21-15-10-14(18(19)20)13(7-8-17)9-16(15)22-11-12-5-3-2-4-6-12/h2-6,9-10H,7-8,11,17H2,1H3. The maximum atomic E-state index is 11.1. The summed E-state index contributed by atoms with van der Waals surface area (Å²) in [7, 11) is 1.46. The van der Waals surface area contributed by atoms with Crippen LogP contribution < -0.4 is 15.2 Å². The molecule has 0 heterocycles. The van der Waals surface area contributed by atoms with Gasteiger partial charge in [-0.25, -0.2) is 0 Å². The van der Waals surface area contributed by atoms with Gasteiger partial charge in [0.05, 0.1) is 18.1 Å². The summed E-state index contributed by atoms with van der Waals surface area (Å²) in [5.41, 5.74) is 7.06. The lowest BCUT2D eigenvalue weighted by atomic mass is 10.1. The molecule has 0 radical (unpaired) electrons. The molecule has 0 amide bonds. The predicted octanol–water partition coefficient (Wildman–Crippen LogP) is 2.68. The number of nitrogens with two attached hydrogens (primary N) is 1. The van der Waals surface area contributed by atoms with Crippen LogP contribution in [0.15, 0.2) is 42.5 Å². The van der Waals surface area contributed by atoms with Gasteiger partial charge in [0.2, 0.25) is 0 Å². The first-order valence-electron chi connectivity index (χ1n) is 6.87. The molecule has 0 unspecified atom stereocenters. The Balaban J connectivity index is 2.29. The number of nitro benzene ring substituents is 1. The Morgan fingerprint density at radius 2 is 1.91 bits per heavy atom. The highest BCUT2D eigenvalue weighted by atomic mass is 16.6. The van der Waals surface area contributed by atoms with E-state index in [9.17, 15) is 10.1 Å². The van der Waals surface area contributed by atoms with E-state index < -0.39 is 4.92 Å². The molecule has 6 nitrogen and oxygen atoms in total. The van der Waals surface area contributed by atoms with Crippen LogP contribution in [0.2, 0.25) is 0 Å². The molecule has 2 aromatic carbocycles. The monoisotopic (exact) mass is 302 g/mol. The molecule has 0 atom stereocenters. The van der Waals surface area contributed by atoms with E-state index in [-0.39, 0.29) is 5.69 Å². The molecular weight excluding hydrogens is 284 g/mol. The van der Waals surface area contributed by atoms with Crippen molar-refractivity contribution in [3.05, 3.63) is 63.7 Å². The minimum atomic E-state index is -0.436. The predicted molar refractivity (Wildman–Crippen MR) is 83.2 cm³/mol. The van der Waals surface area contributed by atoms with Gasteiger partial charge in [0, 0.05) is 5.56 Å². The lowest BCUT2D eigenvalue weighted by Crippen LogP contribution is -2.07. The number of rotatable bonds is 7. The fourth-order valence-electron chi connectivity index (χ4n) is 2.12. The van der Waals surface area contributed by atoms with E-state index in [1.165, 1.54) is 13.2 Å². The number of methoxy groups -OCH3 is 1. The van der Waals surface area contributed by atoms with Crippen LogP contribution in [0.4, 0.5) is 5.69 Å². The third-order valence-electron chi connectivity index (χ3n) is 3.21. The number of hydrogen-bond donors (Lipinski definition) is 1. The maximum absolute atomic E-state index is 11.1. The highest BCUT2D eigenvalue weighted by Gasteiger charge is 2.19. The van der Waals surface area contributed by atoms with Crippen LogP contribution in [0.1, 0.15) is 11.1 Å². The summed E-state index contributed by atoms with van der Waals surface area (Å²) in [4.78, 5) is 10.7. The van der Waals surface area contributed by atoms with Crippen molar-refractivity contribution in [3.8, 4) is 11.5 Å². The quantitative estimate of drug-likeness (QED) is 0.627. The maximum Gasteiger partial charge on any atom is 0.276 e. The highest BCUT2D eigenvalue weighted by molar-refractivity contribution is 5.54. The lowest BCUT2D eigenvalue weighted by Gasteiger charge is -2.13. The Bertz CT molecular complexity index is 644. The molecular formula is C16H18N2O4. The van der Waals surface area contributed by atoms with Gasteiger partial charge < -0.3 is 15.2 Å². The van der Waals surface area contributed by atoms with Crippen LogP contribution >= 0.6 is 0 Å². The topological polar surface area (TPSA) is 87.6 Å². The molecule has 6 heteroatoms. The van der Waals surface area contributed by atoms with Gasteiger partial charge in [0.1, 0.15) is 6.61 Å². The molecule has 0 saturated carbocycles. The summed E-state index contributed by atoms with van der Waals surface area (Å²) in [5.74, 6) is 0.809. The smallest absolute Gasteiger partial charge is 0.276 e. The summed E-state index contributed by atoms with van der Waals surface area (Å²) < 4.78 is 10.9. The zero-order chi connectivity index (χ0) is 15.9. The van der Waals surface area contributed by atoms with Gasteiger partial charge in [0.15, 0.2) is 11.5 Å². The van der Waals surface area contributed by atoms with Gasteiger partial charge in [-0.05, 0) is 24.6 Å². The number of benzene rings is 2. The third-order valence-corrected chi connectivity index (χ3v) is 3.21. The summed E-state index contributed by atoms with van der Waals surface area (Å²) in [6.45, 7) is 0.683. The molecule has 0 fully saturated rings. The SMILES string of the molecule is COc1cc([N+](=O)[O-])c(CCN)cc1OCc1ccccc1. The first kappa shape index (κ1) is 15.8. The van der Waals surface area contributed by atoms with Crippen LogP contribution in [0, 0.1) is 10.1 Å². The fraction of sp³-hybridized carbons (Fsp3) is 0.250. The van der Waals surface area contributed by atoms with E-state index in [4.69, 9.17) is 15.2 Å². The second-order valence-corrected chi connectivity index (χ2v) is 4.70. The van der Waals surface area contributed by atoms with Crippen molar-refractivity contribution >= 4 is 5.69 Å². The van der Waals surface area contributed by atoms with Crippen molar-refractivity contribution in [1.29, 1.82) is 0 Å². The average Bonchev–Trinajstić information content (AvgIpc) is 2.54. The van der Waals surface area contributed by atoms with Crippen LogP contribution in [0.3, 0.4) is 0 Å². The molecule has 2 N–H and O–H groups in total. The molecule has 2 rings (SSSR count). The van der Waals surface area contributed by atoms with E-state index in [0.29, 0.717) is 36.6 Å². The zero-order valence-corrected chi connectivity index (χ0v) is 12.3. The van der Waals surface area contributed by atoms with Crippen LogP contribution in [-0.2, 0) is 13.0 Å². The van der Waals surface area contributed by atoms with Gasteiger partial charge in [-0.1, -0.05) is 30.3 Å². The molecule has 116 valence electrons. The van der Waals surface area contributed by atoms with Crippen molar-refractivity contribution in [2.75, 3.05) is 13.7 Å². The molecule has 2 aromatic rings. The molecule has 0 aliphatic heterocycles. The highest BCUT2D eigenvalue weighted by Crippen LogP contribution is 2.35. The molecule has 0 aromatic heterocycles. The van der Waals surface area contributed by atoms with E-state index in [2.05, 4.69) is 0 Å². The summed E-state index contributed by atoms with van der Waals surface area (Å²) in [6, 6.07) is 12.7. The molecule has 0 saturated heterocycles. The van der Waals surface area contributed by atoms with Crippen molar-refractivity contribution in [2.45, 2.75) is 13.0 Å². The molecule has 0 aliphatic rings. The van der Waals surface area contributed by atoms with Crippen molar-refractivity contribution < 1.29 is 14.4 Å². The van der Waals surface area contributed by atoms with Crippen molar-refractivity contribution in [2.24, 2.45) is 5.73 Å². The van der Waals surface area contributed by atoms with Gasteiger partial charge in [-0.15, -0.1) is 0 Å². The van der Waals surface area contributed by atoms with E-state index >= 15 is 0 Å². The molecule has 0 spiro atoms. The van der Waals surface area contributed by atoms with E-state index in [1.807, 2.05) is 30.3 Å². The number of nitro groups is 1. The average molecular weight is 302 g/mol. The third kappa shape index (κ3) is 3.73. The minimum absolute atomic E-state index is 0.00522. The Morgan fingerprint density at radius 3 is 2.50 bits per heavy atom. The Kier molecular flexibility index (Phi) is 5.32. The van der Waals surface area contributed by atoms with Crippen LogP contribution in [0.25, 0.3) is 0 Å². The zero-order valence-electron chi connectivity index (χ0n) is 12.3. The van der Waals surface area contributed by atoms with Crippen molar-refractivity contribution in [1.82, 2.24) is 0 Å². The second kappa shape index (κ2) is 7.42. The molecule has 22 heavy (non-hydrogen) atoms. The largest absolute Gasteiger partial charge is 0.493 e. The Hall–Kier alpha value is -2.60. The van der Waals surface area contributed by atoms with E-state index in [0.717, 1.165) is 5.56 Å². The Labute approximate surface area is 128 Å². The molecule has 0 aliphatic carbocycles. The van der Waals surface area contributed by atoms with Crippen LogP contribution in [0.5, 0.6) is 11.5 Å². The second-order valence-electron chi connectivity index (χ2n) is 4.70. The summed E-state index contributed by atoms with van der Waals surface area (Å²) in [6.07, 6.45) is 0.405. The first-order chi connectivity index (χ1) is 10.7. The van der Waals surface area contributed by atoms with Gasteiger partial charge in [-0.2, -0.15) is 0 Å². The number of nitrogens with zero attached hydrogens (tertiary/aromatic N) is 1. The normalized spacial score (nSPS) is 10.3. The summed E-state index contributed by atoms with van der Waals surface area (Å²) in [5, 5.41) is 11.1. The van der Waals surface area contributed by atoms with Gasteiger partial charge in [0.25, 0.3) is 5.69 Å². The summed E-state index contributed by atoms with van der Waals surface area (Å²) >= 11 is 0. The van der Waals surface area contributed by atoms with E-state index in [1.54, 1.807) is 6.07 Å². The minimum Gasteiger partial charge on any atom is -0.493 e.